The van der Waals surface area contributed by atoms with Crippen LogP contribution in [-0.4, -0.2) is 15.0 Å². The summed E-state index contributed by atoms with van der Waals surface area (Å²) in [5.74, 6) is 0.910. The Hall–Kier alpha value is -1.88. The summed E-state index contributed by atoms with van der Waals surface area (Å²) in [5, 5.41) is 3.35. The van der Waals surface area contributed by atoms with Gasteiger partial charge in [-0.3, -0.25) is 0 Å². The topological polar surface area (TPSA) is 53.6 Å². The summed E-state index contributed by atoms with van der Waals surface area (Å²) in [4.78, 5) is 11.7. The Bertz CT molecular complexity index is 720. The quantitative estimate of drug-likeness (QED) is 0.775. The first-order valence-electron chi connectivity index (χ1n) is 6.00. The minimum Gasteiger partial charge on any atom is -0.366 e. The molecule has 3 aromatic rings. The molecule has 5 heteroatoms. The summed E-state index contributed by atoms with van der Waals surface area (Å²) < 4.78 is 0.995. The molecule has 0 bridgehead atoms. The molecule has 0 unspecified atom stereocenters. The van der Waals surface area contributed by atoms with Crippen LogP contribution in [0.1, 0.15) is 11.1 Å². The Morgan fingerprint density at radius 1 is 1.26 bits per heavy atom. The van der Waals surface area contributed by atoms with Crippen LogP contribution in [-0.2, 0) is 6.54 Å². The lowest BCUT2D eigenvalue weighted by molar-refractivity contribution is 1.10. The van der Waals surface area contributed by atoms with Gasteiger partial charge in [-0.05, 0) is 52.2 Å². The van der Waals surface area contributed by atoms with E-state index < -0.39 is 0 Å². The zero-order chi connectivity index (χ0) is 13.2. The standard InChI is InChI=1S/C14H13BrN4/c1-9-4-11(15)7-17-14(9)16-6-10-2-3-12-13(5-10)19-8-18-12/h2-5,7-8H,6H2,1H3,(H,16,17)(H,18,19). The van der Waals surface area contributed by atoms with E-state index >= 15 is 0 Å². The molecule has 0 saturated carbocycles. The van der Waals surface area contributed by atoms with Gasteiger partial charge in [-0.25, -0.2) is 9.97 Å². The summed E-state index contributed by atoms with van der Waals surface area (Å²) in [5.41, 5.74) is 4.36. The molecule has 0 spiro atoms. The monoisotopic (exact) mass is 316 g/mol. The van der Waals surface area contributed by atoms with E-state index in [0.29, 0.717) is 0 Å². The first kappa shape index (κ1) is 12.2. The number of hydrogen-bond acceptors (Lipinski definition) is 3. The van der Waals surface area contributed by atoms with Crippen LogP contribution in [0, 0.1) is 6.92 Å². The fourth-order valence-corrected chi connectivity index (χ4v) is 2.45. The van der Waals surface area contributed by atoms with E-state index in [1.165, 1.54) is 5.56 Å². The number of rotatable bonds is 3. The number of aromatic amines is 1. The third-order valence-corrected chi connectivity index (χ3v) is 3.42. The van der Waals surface area contributed by atoms with Crippen molar-refractivity contribution in [2.45, 2.75) is 13.5 Å². The van der Waals surface area contributed by atoms with Crippen LogP contribution in [0.15, 0.2) is 41.3 Å². The lowest BCUT2D eigenvalue weighted by Crippen LogP contribution is -2.03. The normalized spacial score (nSPS) is 10.8. The second-order valence-corrected chi connectivity index (χ2v) is 5.34. The Morgan fingerprint density at radius 2 is 2.16 bits per heavy atom. The van der Waals surface area contributed by atoms with Crippen molar-refractivity contribution in [2.24, 2.45) is 0 Å². The van der Waals surface area contributed by atoms with Crippen molar-refractivity contribution < 1.29 is 0 Å². The molecule has 2 aromatic heterocycles. The third-order valence-electron chi connectivity index (χ3n) is 2.99. The van der Waals surface area contributed by atoms with Gasteiger partial charge >= 0.3 is 0 Å². The van der Waals surface area contributed by atoms with Crippen molar-refractivity contribution in [3.05, 3.63) is 52.4 Å². The number of halogens is 1. The highest BCUT2D eigenvalue weighted by Gasteiger charge is 2.02. The summed E-state index contributed by atoms with van der Waals surface area (Å²) in [6, 6.07) is 8.24. The highest BCUT2D eigenvalue weighted by atomic mass is 79.9. The molecule has 0 atom stereocenters. The van der Waals surface area contributed by atoms with Crippen LogP contribution >= 0.6 is 15.9 Å². The molecule has 2 heterocycles. The van der Waals surface area contributed by atoms with Gasteiger partial charge in [0.15, 0.2) is 0 Å². The summed E-state index contributed by atoms with van der Waals surface area (Å²) in [6.07, 6.45) is 3.51. The van der Waals surface area contributed by atoms with Gasteiger partial charge in [0.05, 0.1) is 17.4 Å². The largest absolute Gasteiger partial charge is 0.366 e. The zero-order valence-electron chi connectivity index (χ0n) is 10.4. The van der Waals surface area contributed by atoms with Crippen molar-refractivity contribution in [1.29, 1.82) is 0 Å². The highest BCUT2D eigenvalue weighted by molar-refractivity contribution is 9.10. The van der Waals surface area contributed by atoms with Crippen LogP contribution < -0.4 is 5.32 Å². The molecule has 19 heavy (non-hydrogen) atoms. The number of H-pyrrole nitrogens is 1. The van der Waals surface area contributed by atoms with E-state index in [-0.39, 0.29) is 0 Å². The maximum Gasteiger partial charge on any atom is 0.129 e. The second kappa shape index (κ2) is 5.01. The van der Waals surface area contributed by atoms with Crippen LogP contribution in [0.3, 0.4) is 0 Å². The predicted octanol–water partition coefficient (Wildman–Crippen LogP) is 3.64. The van der Waals surface area contributed by atoms with Gasteiger partial charge < -0.3 is 10.3 Å². The van der Waals surface area contributed by atoms with Crippen molar-refractivity contribution in [3.8, 4) is 0 Å². The average Bonchev–Trinajstić information content (AvgIpc) is 2.85. The lowest BCUT2D eigenvalue weighted by atomic mass is 10.2. The van der Waals surface area contributed by atoms with E-state index in [1.807, 2.05) is 19.1 Å². The van der Waals surface area contributed by atoms with Crippen LogP contribution in [0.25, 0.3) is 11.0 Å². The van der Waals surface area contributed by atoms with E-state index in [4.69, 9.17) is 0 Å². The Morgan fingerprint density at radius 3 is 3.00 bits per heavy atom. The number of aromatic nitrogens is 3. The van der Waals surface area contributed by atoms with Crippen molar-refractivity contribution in [1.82, 2.24) is 15.0 Å². The molecular weight excluding hydrogens is 304 g/mol. The first-order valence-corrected chi connectivity index (χ1v) is 6.80. The molecule has 4 nitrogen and oxygen atoms in total. The van der Waals surface area contributed by atoms with Gasteiger partial charge in [0, 0.05) is 17.2 Å². The molecule has 0 radical (unpaired) electrons. The fraction of sp³-hybridized carbons (Fsp3) is 0.143. The number of imidazole rings is 1. The SMILES string of the molecule is Cc1cc(Br)cnc1NCc1ccc2nc[nH]c2c1. The average molecular weight is 317 g/mol. The summed E-state index contributed by atoms with van der Waals surface area (Å²) in [7, 11) is 0. The Balaban J connectivity index is 1.77. The number of nitrogens with one attached hydrogen (secondary N) is 2. The van der Waals surface area contributed by atoms with Gasteiger partial charge in [-0.2, -0.15) is 0 Å². The Kier molecular flexibility index (Phi) is 3.21. The minimum atomic E-state index is 0.741. The van der Waals surface area contributed by atoms with E-state index in [1.54, 1.807) is 12.5 Å². The molecule has 3 rings (SSSR count). The van der Waals surface area contributed by atoms with Crippen LogP contribution in [0.2, 0.25) is 0 Å². The van der Waals surface area contributed by atoms with Crippen molar-refractivity contribution in [3.63, 3.8) is 0 Å². The molecule has 0 aliphatic rings. The van der Waals surface area contributed by atoms with E-state index in [2.05, 4.69) is 48.3 Å². The minimum absolute atomic E-state index is 0.741. The number of benzene rings is 1. The van der Waals surface area contributed by atoms with Crippen LogP contribution in [0.4, 0.5) is 5.82 Å². The molecule has 1 aromatic carbocycles. The predicted molar refractivity (Wildman–Crippen MR) is 80.1 cm³/mol. The van der Waals surface area contributed by atoms with Gasteiger partial charge in [-0.1, -0.05) is 6.07 Å². The first-order chi connectivity index (χ1) is 9.22. The molecule has 2 N–H and O–H groups in total. The second-order valence-electron chi connectivity index (χ2n) is 4.43. The maximum atomic E-state index is 4.37. The molecule has 0 saturated heterocycles. The highest BCUT2D eigenvalue weighted by Crippen LogP contribution is 2.18. The van der Waals surface area contributed by atoms with Gasteiger partial charge in [0.1, 0.15) is 5.82 Å². The molecule has 96 valence electrons. The number of fused-ring (bicyclic) bond motifs is 1. The van der Waals surface area contributed by atoms with Gasteiger partial charge in [0.25, 0.3) is 0 Å². The lowest BCUT2D eigenvalue weighted by Gasteiger charge is -2.08. The molecule has 0 fully saturated rings. The number of hydrogen-bond donors (Lipinski definition) is 2. The molecule has 0 aliphatic carbocycles. The maximum absolute atomic E-state index is 4.37. The smallest absolute Gasteiger partial charge is 0.129 e. The number of anilines is 1. The molecule has 0 aliphatic heterocycles. The number of aryl methyl sites for hydroxylation is 1. The number of pyridine rings is 1. The van der Waals surface area contributed by atoms with Crippen molar-refractivity contribution in [2.75, 3.05) is 5.32 Å². The summed E-state index contributed by atoms with van der Waals surface area (Å²) >= 11 is 3.41. The third kappa shape index (κ3) is 2.61. The molecular formula is C14H13BrN4. The van der Waals surface area contributed by atoms with Crippen LogP contribution in [0.5, 0.6) is 0 Å². The number of nitrogens with zero attached hydrogens (tertiary/aromatic N) is 2. The van der Waals surface area contributed by atoms with Gasteiger partial charge in [0.2, 0.25) is 0 Å². The van der Waals surface area contributed by atoms with E-state index in [0.717, 1.165) is 33.4 Å². The Labute approximate surface area is 119 Å². The van der Waals surface area contributed by atoms with Gasteiger partial charge in [-0.15, -0.1) is 0 Å². The van der Waals surface area contributed by atoms with E-state index in [9.17, 15) is 0 Å². The fourth-order valence-electron chi connectivity index (χ4n) is 2.00. The molecule has 0 amide bonds. The summed E-state index contributed by atoms with van der Waals surface area (Å²) in [6.45, 7) is 2.78. The van der Waals surface area contributed by atoms with Crippen molar-refractivity contribution >= 4 is 32.8 Å². The zero-order valence-corrected chi connectivity index (χ0v) is 12.0.